The largest absolute Gasteiger partial charge is 0.411 e. The molecule has 1 atom stereocenters. The van der Waals surface area contributed by atoms with Crippen LogP contribution in [0.4, 0.5) is 5.69 Å². The van der Waals surface area contributed by atoms with Gasteiger partial charge in [0.05, 0.1) is 5.71 Å². The third kappa shape index (κ3) is 3.05. The first-order valence-electron chi connectivity index (χ1n) is 8.05. The van der Waals surface area contributed by atoms with Gasteiger partial charge in [0.15, 0.2) is 0 Å². The van der Waals surface area contributed by atoms with Crippen LogP contribution in [-0.2, 0) is 0 Å². The molecular weight excluding hydrogens is 262 g/mol. The summed E-state index contributed by atoms with van der Waals surface area (Å²) in [4.78, 5) is 4.96. The molecule has 1 unspecified atom stereocenters. The molecular formula is C17H25N3O. The van der Waals surface area contributed by atoms with Crippen LogP contribution in [0.5, 0.6) is 0 Å². The molecule has 4 nitrogen and oxygen atoms in total. The van der Waals surface area contributed by atoms with Gasteiger partial charge in [-0.15, -0.1) is 0 Å². The van der Waals surface area contributed by atoms with Crippen LogP contribution in [0.3, 0.4) is 0 Å². The monoisotopic (exact) mass is 287 g/mol. The third-order valence-electron chi connectivity index (χ3n) is 4.95. The molecule has 2 aliphatic rings. The SMILES string of the molecule is CN1CCCCC1CCN1CC/C(=N/O)c2ccccc21. The van der Waals surface area contributed by atoms with Crippen LogP contribution in [0.2, 0.25) is 0 Å². The molecule has 2 heterocycles. The molecule has 1 fully saturated rings. The van der Waals surface area contributed by atoms with Gasteiger partial charge < -0.3 is 15.0 Å². The minimum atomic E-state index is 0.721. The molecule has 0 aliphatic carbocycles. The van der Waals surface area contributed by atoms with Crippen molar-refractivity contribution in [1.82, 2.24) is 4.90 Å². The lowest BCUT2D eigenvalue weighted by Crippen LogP contribution is -2.40. The lowest BCUT2D eigenvalue weighted by Gasteiger charge is -2.36. The zero-order valence-corrected chi connectivity index (χ0v) is 12.8. The van der Waals surface area contributed by atoms with Crippen molar-refractivity contribution >= 4 is 11.4 Å². The molecule has 1 N–H and O–H groups in total. The van der Waals surface area contributed by atoms with Gasteiger partial charge in [-0.05, 0) is 38.9 Å². The fraction of sp³-hybridized carbons (Fsp3) is 0.588. The molecule has 0 saturated carbocycles. The Bertz CT molecular complexity index is 515. The molecule has 2 aliphatic heterocycles. The molecule has 1 aromatic rings. The fourth-order valence-electron chi connectivity index (χ4n) is 3.64. The lowest BCUT2D eigenvalue weighted by molar-refractivity contribution is 0.177. The summed E-state index contributed by atoms with van der Waals surface area (Å²) in [5.74, 6) is 0. The maximum Gasteiger partial charge on any atom is 0.0906 e. The predicted molar refractivity (Wildman–Crippen MR) is 86.5 cm³/mol. The number of benzene rings is 1. The molecule has 0 aromatic heterocycles. The van der Waals surface area contributed by atoms with Crippen molar-refractivity contribution in [3.05, 3.63) is 29.8 Å². The van der Waals surface area contributed by atoms with E-state index in [0.29, 0.717) is 0 Å². The van der Waals surface area contributed by atoms with Crippen molar-refractivity contribution in [1.29, 1.82) is 0 Å². The average Bonchev–Trinajstić information content (AvgIpc) is 2.54. The summed E-state index contributed by atoms with van der Waals surface area (Å²) < 4.78 is 0. The van der Waals surface area contributed by atoms with Gasteiger partial charge in [-0.1, -0.05) is 29.8 Å². The van der Waals surface area contributed by atoms with Crippen molar-refractivity contribution in [2.24, 2.45) is 5.16 Å². The van der Waals surface area contributed by atoms with E-state index in [-0.39, 0.29) is 0 Å². The highest BCUT2D eigenvalue weighted by Gasteiger charge is 2.24. The van der Waals surface area contributed by atoms with Gasteiger partial charge in [-0.2, -0.15) is 0 Å². The van der Waals surface area contributed by atoms with Gasteiger partial charge in [-0.25, -0.2) is 0 Å². The van der Waals surface area contributed by atoms with Crippen LogP contribution in [0.15, 0.2) is 29.4 Å². The second-order valence-electron chi connectivity index (χ2n) is 6.22. The second-order valence-corrected chi connectivity index (χ2v) is 6.22. The molecule has 0 bridgehead atoms. The van der Waals surface area contributed by atoms with Crippen LogP contribution in [0, 0.1) is 0 Å². The van der Waals surface area contributed by atoms with Gasteiger partial charge >= 0.3 is 0 Å². The van der Waals surface area contributed by atoms with Crippen molar-refractivity contribution < 1.29 is 5.21 Å². The van der Waals surface area contributed by atoms with Crippen LogP contribution in [0.25, 0.3) is 0 Å². The maximum absolute atomic E-state index is 9.16. The first-order valence-corrected chi connectivity index (χ1v) is 8.05. The highest BCUT2D eigenvalue weighted by molar-refractivity contribution is 6.06. The Morgan fingerprint density at radius 2 is 2.10 bits per heavy atom. The normalized spacial score (nSPS) is 25.1. The number of rotatable bonds is 3. The fourth-order valence-corrected chi connectivity index (χ4v) is 3.64. The summed E-state index contributed by atoms with van der Waals surface area (Å²) in [7, 11) is 2.25. The molecule has 114 valence electrons. The summed E-state index contributed by atoms with van der Waals surface area (Å²) >= 11 is 0. The Kier molecular flexibility index (Phi) is 4.44. The van der Waals surface area contributed by atoms with Crippen molar-refractivity contribution in [2.75, 3.05) is 31.6 Å². The van der Waals surface area contributed by atoms with Crippen LogP contribution in [-0.4, -0.2) is 48.5 Å². The van der Waals surface area contributed by atoms with E-state index in [1.807, 2.05) is 6.07 Å². The molecule has 3 rings (SSSR count). The van der Waals surface area contributed by atoms with Crippen molar-refractivity contribution in [3.63, 3.8) is 0 Å². The first-order chi connectivity index (χ1) is 10.3. The smallest absolute Gasteiger partial charge is 0.0906 e. The molecule has 0 amide bonds. The summed E-state index contributed by atoms with van der Waals surface area (Å²) in [6, 6.07) is 9.01. The standard InChI is InChI=1S/C17H25N3O/c1-19-11-5-4-6-14(19)9-12-20-13-10-16(18-21)15-7-2-3-8-17(15)20/h2-3,7-8,14,21H,4-6,9-13H2,1H3/b18-16-. The number of hydrogen-bond donors (Lipinski definition) is 1. The Morgan fingerprint density at radius 3 is 2.90 bits per heavy atom. The summed E-state index contributed by atoms with van der Waals surface area (Å²) in [6.07, 6.45) is 6.09. The molecule has 0 spiro atoms. The topological polar surface area (TPSA) is 39.1 Å². The second kappa shape index (κ2) is 6.48. The molecule has 1 aromatic carbocycles. The quantitative estimate of drug-likeness (QED) is 0.686. The number of fused-ring (bicyclic) bond motifs is 1. The highest BCUT2D eigenvalue weighted by Crippen LogP contribution is 2.28. The summed E-state index contributed by atoms with van der Waals surface area (Å²) in [5.41, 5.74) is 3.12. The first kappa shape index (κ1) is 14.4. The zero-order valence-electron chi connectivity index (χ0n) is 12.8. The van der Waals surface area contributed by atoms with E-state index in [1.165, 1.54) is 37.9 Å². The van der Waals surface area contributed by atoms with Gasteiger partial charge in [-0.3, -0.25) is 0 Å². The van der Waals surface area contributed by atoms with E-state index in [2.05, 4.69) is 40.2 Å². The number of piperidine rings is 1. The third-order valence-corrected chi connectivity index (χ3v) is 4.95. The Labute approximate surface area is 127 Å². The predicted octanol–water partition coefficient (Wildman–Crippen LogP) is 2.95. The highest BCUT2D eigenvalue weighted by atomic mass is 16.4. The molecule has 21 heavy (non-hydrogen) atoms. The van der Waals surface area contributed by atoms with E-state index in [4.69, 9.17) is 5.21 Å². The number of likely N-dealkylation sites (tertiary alicyclic amines) is 1. The number of anilines is 1. The number of oxime groups is 1. The Balaban J connectivity index is 1.69. The summed E-state index contributed by atoms with van der Waals surface area (Å²) in [6.45, 7) is 3.28. The zero-order chi connectivity index (χ0) is 14.7. The molecule has 1 saturated heterocycles. The lowest BCUT2D eigenvalue weighted by atomic mass is 9.97. The van der Waals surface area contributed by atoms with Gasteiger partial charge in [0.1, 0.15) is 0 Å². The van der Waals surface area contributed by atoms with Gasteiger partial charge in [0.25, 0.3) is 0 Å². The number of para-hydroxylation sites is 1. The molecule has 4 heteroatoms. The van der Waals surface area contributed by atoms with Gasteiger partial charge in [0, 0.05) is 36.8 Å². The Hall–Kier alpha value is -1.55. The van der Waals surface area contributed by atoms with E-state index >= 15 is 0 Å². The summed E-state index contributed by atoms with van der Waals surface area (Å²) in [5, 5.41) is 12.6. The minimum absolute atomic E-state index is 0.721. The molecule has 0 radical (unpaired) electrons. The van der Waals surface area contributed by atoms with Crippen molar-refractivity contribution in [2.45, 2.75) is 38.1 Å². The average molecular weight is 287 g/mol. The van der Waals surface area contributed by atoms with E-state index in [1.54, 1.807) is 0 Å². The number of hydrogen-bond acceptors (Lipinski definition) is 4. The number of nitrogens with zero attached hydrogens (tertiary/aromatic N) is 3. The van der Waals surface area contributed by atoms with Crippen LogP contribution < -0.4 is 4.90 Å². The minimum Gasteiger partial charge on any atom is -0.411 e. The van der Waals surface area contributed by atoms with Crippen LogP contribution in [0.1, 0.15) is 37.7 Å². The van der Waals surface area contributed by atoms with Crippen molar-refractivity contribution in [3.8, 4) is 0 Å². The van der Waals surface area contributed by atoms with E-state index in [9.17, 15) is 0 Å². The Morgan fingerprint density at radius 1 is 1.24 bits per heavy atom. The van der Waals surface area contributed by atoms with Crippen LogP contribution >= 0.6 is 0 Å². The van der Waals surface area contributed by atoms with E-state index < -0.39 is 0 Å². The maximum atomic E-state index is 9.16. The van der Waals surface area contributed by atoms with Gasteiger partial charge in [0.2, 0.25) is 0 Å². The van der Waals surface area contributed by atoms with E-state index in [0.717, 1.165) is 36.8 Å².